The second kappa shape index (κ2) is 5.17. The number of aliphatic hydroxyl groups excluding tert-OH is 1. The summed E-state index contributed by atoms with van der Waals surface area (Å²) in [7, 11) is 0. The zero-order valence-corrected chi connectivity index (χ0v) is 11.7. The number of carbonyl (C=O) groups is 1. The van der Waals surface area contributed by atoms with E-state index >= 15 is 0 Å². The maximum Gasteiger partial charge on any atom is 0.307 e. The Morgan fingerprint density at radius 2 is 2.06 bits per heavy atom. The van der Waals surface area contributed by atoms with Crippen molar-refractivity contribution in [2.75, 3.05) is 19.6 Å². The van der Waals surface area contributed by atoms with E-state index in [2.05, 4.69) is 4.90 Å². The number of nitrogens with zero attached hydrogens (tertiary/aromatic N) is 1. The Bertz CT molecular complexity index is 311. The Labute approximate surface area is 109 Å². The summed E-state index contributed by atoms with van der Waals surface area (Å²) in [6.07, 6.45) is 2.41. The smallest absolute Gasteiger partial charge is 0.307 e. The van der Waals surface area contributed by atoms with E-state index in [4.69, 9.17) is 4.74 Å². The number of hydrogen-bond donors (Lipinski definition) is 1. The molecule has 2 rings (SSSR count). The van der Waals surface area contributed by atoms with E-state index in [1.165, 1.54) is 0 Å². The normalized spacial score (nSPS) is 32.6. The first-order chi connectivity index (χ1) is 8.35. The molecule has 1 N–H and O–H groups in total. The van der Waals surface area contributed by atoms with Crippen molar-refractivity contribution in [2.24, 2.45) is 11.8 Å². The molecule has 1 aliphatic carbocycles. The van der Waals surface area contributed by atoms with E-state index in [1.807, 2.05) is 20.8 Å². The average Bonchev–Trinajstić information content (AvgIpc) is 2.76. The van der Waals surface area contributed by atoms with Crippen molar-refractivity contribution in [2.45, 2.75) is 51.7 Å². The number of hydrogen-bond acceptors (Lipinski definition) is 4. The Morgan fingerprint density at radius 1 is 1.33 bits per heavy atom. The maximum absolute atomic E-state index is 11.6. The van der Waals surface area contributed by atoms with Crippen LogP contribution in [0.25, 0.3) is 0 Å². The molecule has 0 spiro atoms. The number of ether oxygens (including phenoxy) is 1. The van der Waals surface area contributed by atoms with Crippen molar-refractivity contribution in [1.82, 2.24) is 4.90 Å². The number of likely N-dealkylation sites (tertiary alicyclic amines) is 1. The Balaban J connectivity index is 1.71. The van der Waals surface area contributed by atoms with Crippen molar-refractivity contribution in [3.05, 3.63) is 0 Å². The molecule has 0 aromatic rings. The lowest BCUT2D eigenvalue weighted by Crippen LogP contribution is -2.30. The summed E-state index contributed by atoms with van der Waals surface area (Å²) in [4.78, 5) is 13.9. The fourth-order valence-electron chi connectivity index (χ4n) is 3.15. The first-order valence-corrected chi connectivity index (χ1v) is 6.97. The van der Waals surface area contributed by atoms with Crippen LogP contribution in [0.2, 0.25) is 0 Å². The van der Waals surface area contributed by atoms with Crippen LogP contribution in [0.3, 0.4) is 0 Å². The first-order valence-electron chi connectivity index (χ1n) is 6.97. The summed E-state index contributed by atoms with van der Waals surface area (Å²) in [5.74, 6) is 0.947. The molecule has 2 fully saturated rings. The van der Waals surface area contributed by atoms with Crippen molar-refractivity contribution in [3.8, 4) is 0 Å². The number of fused-ring (bicyclic) bond motifs is 1. The standard InChI is InChI=1S/C14H25NO3/c1-14(2,3)18-13(17)6-7-15-8-10-4-5-12(16)11(10)9-15/h10-12,16H,4-9H2,1-3H3. The molecule has 2 aliphatic rings. The molecule has 104 valence electrons. The van der Waals surface area contributed by atoms with Gasteiger partial charge in [0, 0.05) is 25.6 Å². The fourth-order valence-corrected chi connectivity index (χ4v) is 3.15. The minimum absolute atomic E-state index is 0.124. The number of carbonyl (C=O) groups excluding carboxylic acids is 1. The summed E-state index contributed by atoms with van der Waals surface area (Å²) in [5.41, 5.74) is -0.394. The van der Waals surface area contributed by atoms with Gasteiger partial charge in [0.05, 0.1) is 12.5 Å². The third-order valence-corrected chi connectivity index (χ3v) is 3.95. The second-order valence-corrected chi connectivity index (χ2v) is 6.66. The van der Waals surface area contributed by atoms with Gasteiger partial charge in [-0.1, -0.05) is 0 Å². The highest BCUT2D eigenvalue weighted by Gasteiger charge is 2.41. The van der Waals surface area contributed by atoms with E-state index in [9.17, 15) is 9.90 Å². The van der Waals surface area contributed by atoms with E-state index in [0.29, 0.717) is 18.3 Å². The van der Waals surface area contributed by atoms with E-state index in [1.54, 1.807) is 0 Å². The Morgan fingerprint density at radius 3 is 2.67 bits per heavy atom. The zero-order valence-electron chi connectivity index (χ0n) is 11.7. The maximum atomic E-state index is 11.6. The SMILES string of the molecule is CC(C)(C)OC(=O)CCN1CC2CCC(O)C2C1. The van der Waals surface area contributed by atoms with Crippen molar-refractivity contribution < 1.29 is 14.6 Å². The highest BCUT2D eigenvalue weighted by molar-refractivity contribution is 5.70. The second-order valence-electron chi connectivity index (χ2n) is 6.66. The van der Waals surface area contributed by atoms with Gasteiger partial charge in [0.15, 0.2) is 0 Å². The lowest BCUT2D eigenvalue weighted by atomic mass is 10.00. The summed E-state index contributed by atoms with van der Waals surface area (Å²) in [6.45, 7) is 8.40. The van der Waals surface area contributed by atoms with Crippen LogP contribution in [-0.4, -0.2) is 47.3 Å². The molecular weight excluding hydrogens is 230 g/mol. The van der Waals surface area contributed by atoms with Crippen molar-refractivity contribution in [3.63, 3.8) is 0 Å². The molecule has 0 aromatic heterocycles. The summed E-state index contributed by atoms with van der Waals surface area (Å²) in [6, 6.07) is 0. The number of esters is 1. The minimum atomic E-state index is -0.394. The third kappa shape index (κ3) is 3.45. The molecule has 0 aromatic carbocycles. The van der Waals surface area contributed by atoms with Gasteiger partial charge in [-0.05, 0) is 39.5 Å². The van der Waals surface area contributed by atoms with Crippen LogP contribution in [0, 0.1) is 11.8 Å². The predicted molar refractivity (Wildman–Crippen MR) is 69.1 cm³/mol. The van der Waals surface area contributed by atoms with Crippen LogP contribution in [0.1, 0.15) is 40.0 Å². The van der Waals surface area contributed by atoms with Gasteiger partial charge in [-0.2, -0.15) is 0 Å². The lowest BCUT2D eigenvalue weighted by Gasteiger charge is -2.21. The molecule has 1 saturated carbocycles. The van der Waals surface area contributed by atoms with Gasteiger partial charge in [0.2, 0.25) is 0 Å². The van der Waals surface area contributed by atoms with Gasteiger partial charge >= 0.3 is 5.97 Å². The molecule has 0 radical (unpaired) electrons. The van der Waals surface area contributed by atoms with Gasteiger partial charge in [0.25, 0.3) is 0 Å². The van der Waals surface area contributed by atoms with Crippen LogP contribution in [-0.2, 0) is 9.53 Å². The van der Waals surface area contributed by atoms with E-state index in [0.717, 1.165) is 32.5 Å². The largest absolute Gasteiger partial charge is 0.460 e. The Hall–Kier alpha value is -0.610. The molecule has 4 heteroatoms. The highest BCUT2D eigenvalue weighted by Crippen LogP contribution is 2.37. The Kier molecular flexibility index (Phi) is 3.97. The molecule has 18 heavy (non-hydrogen) atoms. The number of aliphatic hydroxyl groups is 1. The van der Waals surface area contributed by atoms with Gasteiger partial charge in [-0.15, -0.1) is 0 Å². The molecule has 1 aliphatic heterocycles. The molecule has 1 saturated heterocycles. The quantitative estimate of drug-likeness (QED) is 0.775. The summed E-state index contributed by atoms with van der Waals surface area (Å²) in [5, 5.41) is 9.83. The van der Waals surface area contributed by atoms with E-state index < -0.39 is 5.60 Å². The summed E-state index contributed by atoms with van der Waals surface area (Å²) < 4.78 is 5.30. The monoisotopic (exact) mass is 255 g/mol. The average molecular weight is 255 g/mol. The molecule has 1 heterocycles. The van der Waals surface area contributed by atoms with Gasteiger partial charge in [-0.25, -0.2) is 0 Å². The predicted octanol–water partition coefficient (Wildman–Crippen LogP) is 1.42. The first kappa shape index (κ1) is 13.8. The fraction of sp³-hybridized carbons (Fsp3) is 0.929. The van der Waals surface area contributed by atoms with Crippen LogP contribution in [0.5, 0.6) is 0 Å². The topological polar surface area (TPSA) is 49.8 Å². The van der Waals surface area contributed by atoms with Crippen molar-refractivity contribution >= 4 is 5.97 Å². The third-order valence-electron chi connectivity index (χ3n) is 3.95. The molecular formula is C14H25NO3. The van der Waals surface area contributed by atoms with Gasteiger partial charge < -0.3 is 14.7 Å². The van der Waals surface area contributed by atoms with Gasteiger partial charge in [0.1, 0.15) is 5.60 Å². The van der Waals surface area contributed by atoms with Crippen LogP contribution in [0.4, 0.5) is 0 Å². The molecule has 4 nitrogen and oxygen atoms in total. The number of rotatable bonds is 3. The van der Waals surface area contributed by atoms with Gasteiger partial charge in [-0.3, -0.25) is 4.79 Å². The van der Waals surface area contributed by atoms with Crippen LogP contribution < -0.4 is 0 Å². The zero-order chi connectivity index (χ0) is 13.3. The molecule has 3 atom stereocenters. The lowest BCUT2D eigenvalue weighted by molar-refractivity contribution is -0.155. The molecule has 3 unspecified atom stereocenters. The summed E-state index contributed by atoms with van der Waals surface area (Å²) >= 11 is 0. The van der Waals surface area contributed by atoms with Crippen molar-refractivity contribution in [1.29, 1.82) is 0 Å². The molecule has 0 bridgehead atoms. The van der Waals surface area contributed by atoms with Crippen LogP contribution >= 0.6 is 0 Å². The van der Waals surface area contributed by atoms with E-state index in [-0.39, 0.29) is 12.1 Å². The molecule has 0 amide bonds. The highest BCUT2D eigenvalue weighted by atomic mass is 16.6. The van der Waals surface area contributed by atoms with Crippen LogP contribution in [0.15, 0.2) is 0 Å². The minimum Gasteiger partial charge on any atom is -0.460 e.